The molecule has 0 aliphatic carbocycles. The molecule has 0 aliphatic rings. The number of nitrogens with one attached hydrogen (secondary N) is 1. The maximum absolute atomic E-state index is 10.4. The normalized spacial score (nSPS) is 12.6. The van der Waals surface area contributed by atoms with E-state index in [1.807, 2.05) is 0 Å². The summed E-state index contributed by atoms with van der Waals surface area (Å²) in [7, 11) is -5.14. The third-order valence-electron chi connectivity index (χ3n) is 1.40. The van der Waals surface area contributed by atoms with Crippen LogP contribution in [0.4, 0.5) is 4.20 Å². The molecule has 0 rings (SSSR count). The largest absolute Gasteiger partial charge is 0.507 e. The molecule has 0 spiro atoms. The van der Waals surface area contributed by atoms with Gasteiger partial charge in [0.25, 0.3) is 0 Å². The Morgan fingerprint density at radius 3 is 2.12 bits per heavy atom. The van der Waals surface area contributed by atoms with Crippen molar-refractivity contribution in [1.82, 2.24) is 5.48 Å². The van der Waals surface area contributed by atoms with Crippen molar-refractivity contribution in [2.24, 2.45) is 5.73 Å². The summed E-state index contributed by atoms with van der Waals surface area (Å²) in [5, 5.41) is 16.8. The van der Waals surface area contributed by atoms with Gasteiger partial charge in [0, 0.05) is 0 Å². The van der Waals surface area contributed by atoms with E-state index in [-0.39, 0.29) is 0 Å². The van der Waals surface area contributed by atoms with Crippen LogP contribution in [0.3, 0.4) is 0 Å². The highest BCUT2D eigenvalue weighted by atomic mass is 31.2. The number of unbranched alkanes of at least 4 members (excludes halogenated alkanes) is 1. The molecule has 1 unspecified atom stereocenters. The average molecular weight is 262 g/mol. The summed E-state index contributed by atoms with van der Waals surface area (Å²) in [6.07, 6.45) is 1.90. The lowest BCUT2D eigenvalue weighted by Gasteiger charge is -2.08. The van der Waals surface area contributed by atoms with Crippen LogP contribution in [0.15, 0.2) is 0 Å². The molecular formula is C6H16FN2O6P. The van der Waals surface area contributed by atoms with Gasteiger partial charge in [-0.05, 0) is 25.8 Å². The van der Waals surface area contributed by atoms with E-state index < -0.39 is 19.9 Å². The minimum atomic E-state index is -5.14. The zero-order valence-corrected chi connectivity index (χ0v) is 9.31. The molecule has 8 nitrogen and oxygen atoms in total. The van der Waals surface area contributed by atoms with Gasteiger partial charge in [-0.1, -0.05) is 0 Å². The molecule has 0 saturated heterocycles. The molecule has 7 N–H and O–H groups in total. The van der Waals surface area contributed by atoms with Crippen LogP contribution in [-0.2, 0) is 9.36 Å². The highest BCUT2D eigenvalue weighted by Gasteiger charge is 2.14. The quantitative estimate of drug-likeness (QED) is 0.214. The number of hydrogen-bond acceptors (Lipinski definition) is 5. The van der Waals surface area contributed by atoms with Crippen LogP contribution in [-0.4, -0.2) is 38.7 Å². The first kappa shape index (κ1) is 17.8. The molecule has 0 saturated carbocycles. The summed E-state index contributed by atoms with van der Waals surface area (Å²) in [5.41, 5.74) is 6.92. The van der Waals surface area contributed by atoms with E-state index in [4.69, 9.17) is 30.4 Å². The van der Waals surface area contributed by atoms with Crippen LogP contribution in [0.2, 0.25) is 0 Å². The van der Waals surface area contributed by atoms with E-state index in [9.17, 15) is 8.99 Å². The van der Waals surface area contributed by atoms with Gasteiger partial charge in [0.1, 0.15) is 6.04 Å². The Kier molecular flexibility index (Phi) is 10.7. The third kappa shape index (κ3) is 19.1. The summed E-state index contributed by atoms with van der Waals surface area (Å²) in [6.45, 7) is 0.553. The number of rotatable bonds is 6. The van der Waals surface area contributed by atoms with E-state index in [2.05, 4.69) is 0 Å². The Morgan fingerprint density at radius 2 is 1.88 bits per heavy atom. The number of carboxylic acid groups (broad SMARTS) is 1. The Hall–Kier alpha value is -0.570. The summed E-state index contributed by atoms with van der Waals surface area (Å²) >= 11 is 0. The maximum atomic E-state index is 10.4. The van der Waals surface area contributed by atoms with Crippen LogP contribution in [0, 0.1) is 0 Å². The fourth-order valence-corrected chi connectivity index (χ4v) is 0.736. The van der Waals surface area contributed by atoms with Crippen LogP contribution < -0.4 is 11.2 Å². The molecule has 0 radical (unpaired) electrons. The van der Waals surface area contributed by atoms with Crippen molar-refractivity contribution < 1.29 is 33.7 Å². The Bertz CT molecular complexity index is 227. The lowest BCUT2D eigenvalue weighted by molar-refractivity contribution is -0.142. The summed E-state index contributed by atoms with van der Waals surface area (Å²) in [4.78, 5) is 24.2. The van der Waals surface area contributed by atoms with Crippen molar-refractivity contribution in [2.45, 2.75) is 25.3 Å². The van der Waals surface area contributed by atoms with Crippen molar-refractivity contribution >= 4 is 13.9 Å². The van der Waals surface area contributed by atoms with Crippen molar-refractivity contribution in [3.8, 4) is 0 Å². The number of halogens is 1. The van der Waals surface area contributed by atoms with Gasteiger partial charge < -0.3 is 16.0 Å². The molecule has 10 heteroatoms. The fourth-order valence-electron chi connectivity index (χ4n) is 0.736. The van der Waals surface area contributed by atoms with Crippen molar-refractivity contribution in [2.75, 3.05) is 6.54 Å². The number of nitrogens with two attached hydrogens (primary N) is 1. The first-order valence-electron chi connectivity index (χ1n) is 4.30. The van der Waals surface area contributed by atoms with E-state index in [1.54, 1.807) is 5.48 Å². The molecule has 98 valence electrons. The SMILES string of the molecule is NCCCCC(NO)C(=O)O.O=P(O)(O)F. The molecular weight excluding hydrogens is 246 g/mol. The second-order valence-electron chi connectivity index (χ2n) is 2.78. The zero-order valence-electron chi connectivity index (χ0n) is 8.41. The predicted molar refractivity (Wildman–Crippen MR) is 52.4 cm³/mol. The lowest BCUT2D eigenvalue weighted by Crippen LogP contribution is -2.34. The third-order valence-corrected chi connectivity index (χ3v) is 1.40. The number of carboxylic acids is 1. The van der Waals surface area contributed by atoms with Gasteiger partial charge in [0.05, 0.1) is 0 Å². The first-order valence-corrected chi connectivity index (χ1v) is 5.80. The summed E-state index contributed by atoms with van der Waals surface area (Å²) in [6, 6.07) is -0.860. The molecule has 0 aliphatic heterocycles. The monoisotopic (exact) mass is 262 g/mol. The van der Waals surface area contributed by atoms with E-state index in [1.165, 1.54) is 0 Å². The maximum Gasteiger partial charge on any atom is 0.507 e. The van der Waals surface area contributed by atoms with Crippen molar-refractivity contribution in [3.63, 3.8) is 0 Å². The van der Waals surface area contributed by atoms with Gasteiger partial charge in [-0.25, -0.2) is 4.57 Å². The van der Waals surface area contributed by atoms with Gasteiger partial charge in [0.2, 0.25) is 0 Å². The molecule has 0 aromatic rings. The van der Waals surface area contributed by atoms with Crippen LogP contribution in [0.25, 0.3) is 0 Å². The molecule has 1 atom stereocenters. The van der Waals surface area contributed by atoms with Gasteiger partial charge in [-0.15, -0.1) is 4.20 Å². The van der Waals surface area contributed by atoms with Gasteiger partial charge in [-0.3, -0.25) is 14.6 Å². The Morgan fingerprint density at radius 1 is 1.44 bits per heavy atom. The lowest BCUT2D eigenvalue weighted by atomic mass is 10.1. The van der Waals surface area contributed by atoms with Crippen molar-refractivity contribution in [3.05, 3.63) is 0 Å². The second-order valence-corrected chi connectivity index (χ2v) is 3.72. The van der Waals surface area contributed by atoms with E-state index in [0.717, 1.165) is 6.42 Å². The molecule has 0 bridgehead atoms. The second kappa shape index (κ2) is 9.64. The molecule has 0 aromatic heterocycles. The standard InChI is InChI=1S/C6H14N2O3.FH2O3P/c7-4-2-1-3-5(8-11)6(9)10;1-5(2,3)4/h5,8,11H,1-4,7H2,(H,9,10);(H2,2,3,4). The molecule has 0 amide bonds. The van der Waals surface area contributed by atoms with Crippen LogP contribution in [0.5, 0.6) is 0 Å². The molecule has 0 heterocycles. The van der Waals surface area contributed by atoms with Gasteiger partial charge in [-0.2, -0.15) is 5.48 Å². The minimum absolute atomic E-state index is 0.406. The highest BCUT2D eigenvalue weighted by Crippen LogP contribution is 2.34. The number of hydroxylamine groups is 1. The Labute approximate surface area is 91.5 Å². The molecule has 16 heavy (non-hydrogen) atoms. The predicted octanol–water partition coefficient (Wildman–Crippen LogP) is -0.404. The van der Waals surface area contributed by atoms with Gasteiger partial charge >= 0.3 is 13.9 Å². The van der Waals surface area contributed by atoms with Gasteiger partial charge in [0.15, 0.2) is 0 Å². The summed E-state index contributed by atoms with van der Waals surface area (Å²) in [5.74, 6) is -1.04. The smallest absolute Gasteiger partial charge is 0.480 e. The Balaban J connectivity index is 0. The number of hydrogen-bond donors (Lipinski definition) is 6. The minimum Gasteiger partial charge on any atom is -0.480 e. The van der Waals surface area contributed by atoms with E-state index in [0.29, 0.717) is 19.4 Å². The average Bonchev–Trinajstić information content (AvgIpc) is 2.09. The highest BCUT2D eigenvalue weighted by molar-refractivity contribution is 7.45. The fraction of sp³-hybridized carbons (Fsp3) is 0.833. The molecule has 0 aromatic carbocycles. The number of aliphatic carboxylic acids is 1. The first-order chi connectivity index (χ1) is 7.22. The topological polar surface area (TPSA) is 153 Å². The summed E-state index contributed by atoms with van der Waals surface area (Å²) < 4.78 is 19.0. The zero-order chi connectivity index (χ0) is 13.2. The van der Waals surface area contributed by atoms with Crippen LogP contribution in [0.1, 0.15) is 19.3 Å². The number of carbonyl (C=O) groups is 1. The van der Waals surface area contributed by atoms with E-state index >= 15 is 0 Å². The molecule has 0 fully saturated rings. The van der Waals surface area contributed by atoms with Crippen molar-refractivity contribution in [1.29, 1.82) is 0 Å². The van der Waals surface area contributed by atoms with Crippen LogP contribution >= 0.6 is 7.91 Å².